The highest BCUT2D eigenvalue weighted by molar-refractivity contribution is 6.02. The molecule has 1 saturated heterocycles. The van der Waals surface area contributed by atoms with Crippen molar-refractivity contribution in [3.8, 4) is 0 Å². The van der Waals surface area contributed by atoms with Crippen LogP contribution in [0.25, 0.3) is 10.9 Å². The van der Waals surface area contributed by atoms with E-state index in [4.69, 9.17) is 0 Å². The van der Waals surface area contributed by atoms with Crippen LogP contribution in [0.3, 0.4) is 0 Å². The van der Waals surface area contributed by atoms with Crippen LogP contribution >= 0.6 is 0 Å². The molecule has 1 aliphatic rings. The molecular weight excluding hydrogens is 386 g/mol. The van der Waals surface area contributed by atoms with Gasteiger partial charge in [0.1, 0.15) is 12.1 Å². The van der Waals surface area contributed by atoms with E-state index in [2.05, 4.69) is 51.5 Å². The average Bonchev–Trinajstić information content (AvgIpc) is 2.80. The molecule has 160 valence electrons. The Balaban J connectivity index is 1.52. The molecule has 2 heterocycles. The van der Waals surface area contributed by atoms with Gasteiger partial charge in [0.05, 0.1) is 5.52 Å². The van der Waals surface area contributed by atoms with Gasteiger partial charge in [-0.3, -0.25) is 4.79 Å². The summed E-state index contributed by atoms with van der Waals surface area (Å²) < 4.78 is 0. The fourth-order valence-electron chi connectivity index (χ4n) is 3.90. The number of likely N-dealkylation sites (tertiary alicyclic amines) is 1. The molecule has 6 heteroatoms. The van der Waals surface area contributed by atoms with Crippen LogP contribution in [-0.4, -0.2) is 40.4 Å². The molecule has 0 bridgehead atoms. The summed E-state index contributed by atoms with van der Waals surface area (Å²) in [5, 5.41) is 7.27. The molecule has 2 N–H and O–H groups in total. The number of amides is 1. The van der Waals surface area contributed by atoms with E-state index in [1.807, 2.05) is 30.3 Å². The van der Waals surface area contributed by atoms with Crippen LogP contribution in [-0.2, 0) is 11.2 Å². The van der Waals surface area contributed by atoms with Gasteiger partial charge in [0.2, 0.25) is 5.91 Å². The molecule has 0 unspecified atom stereocenters. The number of aryl methyl sites for hydroxylation is 1. The third-order valence-electron chi connectivity index (χ3n) is 5.78. The SMILES string of the molecule is CCc1cccc(Nc2ncnc3ccc(NC(=O)C=C4CCN(CC)CC4)cc23)c1. The number of nitrogens with one attached hydrogen (secondary N) is 2. The van der Waals surface area contributed by atoms with Crippen molar-refractivity contribution >= 4 is 34.0 Å². The topological polar surface area (TPSA) is 70.1 Å². The number of rotatable bonds is 6. The maximum atomic E-state index is 12.6. The van der Waals surface area contributed by atoms with Crippen LogP contribution < -0.4 is 10.6 Å². The maximum absolute atomic E-state index is 12.6. The van der Waals surface area contributed by atoms with Crippen molar-refractivity contribution in [1.29, 1.82) is 0 Å². The zero-order valence-electron chi connectivity index (χ0n) is 18.2. The molecule has 3 aromatic rings. The molecular formula is C25H29N5O. The van der Waals surface area contributed by atoms with Crippen molar-refractivity contribution in [3.63, 3.8) is 0 Å². The lowest BCUT2D eigenvalue weighted by Gasteiger charge is -2.26. The number of aromatic nitrogens is 2. The molecule has 0 saturated carbocycles. The lowest BCUT2D eigenvalue weighted by molar-refractivity contribution is -0.112. The minimum Gasteiger partial charge on any atom is -0.340 e. The minimum atomic E-state index is -0.0821. The molecule has 4 rings (SSSR count). The van der Waals surface area contributed by atoms with E-state index in [1.54, 1.807) is 12.4 Å². The number of hydrogen-bond acceptors (Lipinski definition) is 5. The van der Waals surface area contributed by atoms with Gasteiger partial charge < -0.3 is 15.5 Å². The van der Waals surface area contributed by atoms with Gasteiger partial charge in [-0.25, -0.2) is 9.97 Å². The van der Waals surface area contributed by atoms with E-state index in [0.717, 1.165) is 67.0 Å². The molecule has 1 aliphatic heterocycles. The van der Waals surface area contributed by atoms with Crippen LogP contribution in [0.5, 0.6) is 0 Å². The summed E-state index contributed by atoms with van der Waals surface area (Å²) in [4.78, 5) is 23.8. The van der Waals surface area contributed by atoms with Crippen molar-refractivity contribution in [2.45, 2.75) is 33.1 Å². The zero-order chi connectivity index (χ0) is 21.6. The predicted octanol–water partition coefficient (Wildman–Crippen LogP) is 4.92. The summed E-state index contributed by atoms with van der Waals surface area (Å²) in [6.07, 6.45) is 6.20. The summed E-state index contributed by atoms with van der Waals surface area (Å²) in [6, 6.07) is 14.0. The van der Waals surface area contributed by atoms with E-state index >= 15 is 0 Å². The Morgan fingerprint density at radius 2 is 1.90 bits per heavy atom. The summed E-state index contributed by atoms with van der Waals surface area (Å²) in [7, 11) is 0. The minimum absolute atomic E-state index is 0.0821. The monoisotopic (exact) mass is 415 g/mol. The second-order valence-electron chi connectivity index (χ2n) is 7.86. The van der Waals surface area contributed by atoms with Gasteiger partial charge in [-0.1, -0.05) is 31.6 Å². The third kappa shape index (κ3) is 5.27. The number of hydrogen-bond donors (Lipinski definition) is 2. The molecule has 0 radical (unpaired) electrons. The summed E-state index contributed by atoms with van der Waals surface area (Å²) in [5.74, 6) is 0.640. The summed E-state index contributed by atoms with van der Waals surface area (Å²) in [6.45, 7) is 7.43. The first-order chi connectivity index (χ1) is 15.1. The first kappa shape index (κ1) is 21.0. The van der Waals surface area contributed by atoms with E-state index in [9.17, 15) is 4.79 Å². The van der Waals surface area contributed by atoms with Gasteiger partial charge in [0.25, 0.3) is 0 Å². The highest BCUT2D eigenvalue weighted by Gasteiger charge is 2.13. The number of carbonyl (C=O) groups is 1. The Kier molecular flexibility index (Phi) is 6.57. The van der Waals surface area contributed by atoms with E-state index in [1.165, 1.54) is 11.1 Å². The van der Waals surface area contributed by atoms with Gasteiger partial charge in [-0.05, 0) is 61.7 Å². The van der Waals surface area contributed by atoms with Gasteiger partial charge in [0, 0.05) is 35.9 Å². The predicted molar refractivity (Wildman–Crippen MR) is 127 cm³/mol. The molecule has 2 aromatic carbocycles. The molecule has 0 aliphatic carbocycles. The Bertz CT molecular complexity index is 1100. The molecule has 1 aromatic heterocycles. The first-order valence-electron chi connectivity index (χ1n) is 11.0. The number of anilines is 3. The third-order valence-corrected chi connectivity index (χ3v) is 5.78. The van der Waals surface area contributed by atoms with Crippen molar-refractivity contribution < 1.29 is 4.79 Å². The van der Waals surface area contributed by atoms with Gasteiger partial charge in [-0.15, -0.1) is 0 Å². The largest absolute Gasteiger partial charge is 0.340 e. The van der Waals surface area contributed by atoms with Crippen LogP contribution in [0, 0.1) is 0 Å². The lowest BCUT2D eigenvalue weighted by Crippen LogP contribution is -2.30. The zero-order valence-corrected chi connectivity index (χ0v) is 18.2. The van der Waals surface area contributed by atoms with Crippen LogP contribution in [0.4, 0.5) is 17.2 Å². The number of nitrogens with zero attached hydrogens (tertiary/aromatic N) is 3. The fourth-order valence-corrected chi connectivity index (χ4v) is 3.90. The van der Waals surface area contributed by atoms with Crippen LogP contribution in [0.15, 0.2) is 60.4 Å². The second kappa shape index (κ2) is 9.71. The van der Waals surface area contributed by atoms with Gasteiger partial charge >= 0.3 is 0 Å². The maximum Gasteiger partial charge on any atom is 0.248 e. The van der Waals surface area contributed by atoms with E-state index < -0.39 is 0 Å². The molecule has 1 fully saturated rings. The second-order valence-corrected chi connectivity index (χ2v) is 7.86. The molecule has 6 nitrogen and oxygen atoms in total. The fraction of sp³-hybridized carbons (Fsp3) is 0.320. The van der Waals surface area contributed by atoms with Gasteiger partial charge in [-0.2, -0.15) is 0 Å². The first-order valence-corrected chi connectivity index (χ1v) is 11.0. The molecule has 0 atom stereocenters. The Morgan fingerprint density at radius 3 is 2.68 bits per heavy atom. The number of piperidine rings is 1. The van der Waals surface area contributed by atoms with Crippen molar-refractivity contribution in [1.82, 2.24) is 14.9 Å². The average molecular weight is 416 g/mol. The van der Waals surface area contributed by atoms with E-state index in [-0.39, 0.29) is 5.91 Å². The normalized spacial score (nSPS) is 14.5. The number of fused-ring (bicyclic) bond motifs is 1. The van der Waals surface area contributed by atoms with Gasteiger partial charge in [0.15, 0.2) is 0 Å². The molecule has 31 heavy (non-hydrogen) atoms. The van der Waals surface area contributed by atoms with Crippen molar-refractivity contribution in [2.24, 2.45) is 0 Å². The summed E-state index contributed by atoms with van der Waals surface area (Å²) in [5.41, 5.74) is 5.02. The highest BCUT2D eigenvalue weighted by atomic mass is 16.1. The quantitative estimate of drug-likeness (QED) is 0.560. The van der Waals surface area contributed by atoms with Crippen LogP contribution in [0.2, 0.25) is 0 Å². The Hall–Kier alpha value is -3.25. The Labute approximate surface area is 183 Å². The Morgan fingerprint density at radius 1 is 1.06 bits per heavy atom. The van der Waals surface area contributed by atoms with E-state index in [0.29, 0.717) is 0 Å². The van der Waals surface area contributed by atoms with Crippen LogP contribution in [0.1, 0.15) is 32.3 Å². The van der Waals surface area contributed by atoms with Crippen molar-refractivity contribution in [3.05, 3.63) is 66.0 Å². The molecule has 1 amide bonds. The number of benzene rings is 2. The van der Waals surface area contributed by atoms with Crippen molar-refractivity contribution in [2.75, 3.05) is 30.3 Å². The molecule has 0 spiro atoms. The lowest BCUT2D eigenvalue weighted by atomic mass is 10.0. The summed E-state index contributed by atoms with van der Waals surface area (Å²) >= 11 is 0. The highest BCUT2D eigenvalue weighted by Crippen LogP contribution is 2.26. The number of carbonyl (C=O) groups excluding carboxylic acids is 1. The standard InChI is InChI=1S/C25H29N5O/c1-3-18-6-5-7-20(14-18)29-25-22-16-21(8-9-23(22)26-17-27-25)28-24(31)15-19-10-12-30(4-2)13-11-19/h5-9,14-17H,3-4,10-13H2,1-2H3,(H,28,31)(H,26,27,29). The smallest absolute Gasteiger partial charge is 0.248 e.